The highest BCUT2D eigenvalue weighted by Crippen LogP contribution is 2.24. The zero-order valence-electron chi connectivity index (χ0n) is 12.1. The summed E-state index contributed by atoms with van der Waals surface area (Å²) < 4.78 is 0. The van der Waals surface area contributed by atoms with Crippen LogP contribution in [-0.4, -0.2) is 34.6 Å². The second-order valence-corrected chi connectivity index (χ2v) is 6.02. The SMILES string of the molecule is CC1CCC(C)N(C(=O)Nc2ccc(C(=O)O)c(Cl)c2)C1. The first-order valence-electron chi connectivity index (χ1n) is 6.99. The Hall–Kier alpha value is -1.75. The van der Waals surface area contributed by atoms with Crippen molar-refractivity contribution >= 4 is 29.3 Å². The van der Waals surface area contributed by atoms with Gasteiger partial charge in [-0.05, 0) is 43.9 Å². The molecule has 1 aliphatic rings. The van der Waals surface area contributed by atoms with Crippen LogP contribution in [0.4, 0.5) is 10.5 Å². The first-order valence-corrected chi connectivity index (χ1v) is 7.36. The van der Waals surface area contributed by atoms with Gasteiger partial charge in [-0.3, -0.25) is 0 Å². The van der Waals surface area contributed by atoms with Crippen molar-refractivity contribution in [1.29, 1.82) is 0 Å². The van der Waals surface area contributed by atoms with Gasteiger partial charge in [0.05, 0.1) is 10.6 Å². The first-order chi connectivity index (χ1) is 9.88. The number of carbonyl (C=O) groups is 2. The number of amides is 2. The summed E-state index contributed by atoms with van der Waals surface area (Å²) in [5, 5.41) is 11.8. The summed E-state index contributed by atoms with van der Waals surface area (Å²) in [5.74, 6) is -0.596. The fourth-order valence-corrected chi connectivity index (χ4v) is 2.79. The van der Waals surface area contributed by atoms with Crippen LogP contribution in [0.1, 0.15) is 37.0 Å². The van der Waals surface area contributed by atoms with Gasteiger partial charge < -0.3 is 15.3 Å². The Bertz CT molecular complexity index is 562. The first kappa shape index (κ1) is 15.6. The van der Waals surface area contributed by atoms with E-state index >= 15 is 0 Å². The average Bonchev–Trinajstić information content (AvgIpc) is 2.41. The van der Waals surface area contributed by atoms with Gasteiger partial charge in [-0.2, -0.15) is 0 Å². The predicted octanol–water partition coefficient (Wildman–Crippen LogP) is 3.69. The molecule has 0 spiro atoms. The highest BCUT2D eigenvalue weighted by atomic mass is 35.5. The second kappa shape index (κ2) is 6.35. The van der Waals surface area contributed by atoms with Gasteiger partial charge in [0, 0.05) is 18.3 Å². The molecule has 5 nitrogen and oxygen atoms in total. The van der Waals surface area contributed by atoms with Crippen LogP contribution >= 0.6 is 11.6 Å². The molecule has 0 bridgehead atoms. The van der Waals surface area contributed by atoms with Gasteiger partial charge in [-0.25, -0.2) is 9.59 Å². The third-order valence-corrected chi connectivity index (χ3v) is 4.14. The number of anilines is 1. The van der Waals surface area contributed by atoms with E-state index in [0.717, 1.165) is 19.4 Å². The lowest BCUT2D eigenvalue weighted by Crippen LogP contribution is -2.46. The molecule has 2 N–H and O–H groups in total. The molecular formula is C15H19ClN2O3. The summed E-state index contributed by atoms with van der Waals surface area (Å²) in [5.41, 5.74) is 0.523. The molecule has 2 rings (SSSR count). The van der Waals surface area contributed by atoms with E-state index in [2.05, 4.69) is 12.2 Å². The molecule has 6 heteroatoms. The largest absolute Gasteiger partial charge is 0.478 e. The Labute approximate surface area is 128 Å². The summed E-state index contributed by atoms with van der Waals surface area (Å²) in [4.78, 5) is 25.0. The van der Waals surface area contributed by atoms with Gasteiger partial charge >= 0.3 is 12.0 Å². The quantitative estimate of drug-likeness (QED) is 0.875. The number of carboxylic acids is 1. The molecule has 0 aromatic heterocycles. The molecule has 1 aromatic carbocycles. The van der Waals surface area contributed by atoms with Crippen LogP contribution in [0.3, 0.4) is 0 Å². The second-order valence-electron chi connectivity index (χ2n) is 5.61. The molecule has 1 aromatic rings. The number of hydrogen-bond acceptors (Lipinski definition) is 2. The Morgan fingerprint density at radius 2 is 2.05 bits per heavy atom. The van der Waals surface area contributed by atoms with E-state index in [9.17, 15) is 9.59 Å². The molecule has 2 amide bonds. The summed E-state index contributed by atoms with van der Waals surface area (Å²) in [6.07, 6.45) is 2.12. The van der Waals surface area contributed by atoms with Crippen molar-refractivity contribution in [1.82, 2.24) is 4.90 Å². The van der Waals surface area contributed by atoms with Gasteiger partial charge in [-0.15, -0.1) is 0 Å². The maximum Gasteiger partial charge on any atom is 0.337 e. The van der Waals surface area contributed by atoms with Crippen molar-refractivity contribution in [3.63, 3.8) is 0 Å². The number of aromatic carboxylic acids is 1. The van der Waals surface area contributed by atoms with Crippen molar-refractivity contribution in [3.05, 3.63) is 28.8 Å². The highest BCUT2D eigenvalue weighted by Gasteiger charge is 2.27. The smallest absolute Gasteiger partial charge is 0.337 e. The van der Waals surface area contributed by atoms with Crippen LogP contribution in [0.2, 0.25) is 5.02 Å². The lowest BCUT2D eigenvalue weighted by molar-refractivity contribution is 0.0697. The summed E-state index contributed by atoms with van der Waals surface area (Å²) in [6, 6.07) is 4.43. The number of halogens is 1. The highest BCUT2D eigenvalue weighted by molar-refractivity contribution is 6.33. The fraction of sp³-hybridized carbons (Fsp3) is 0.467. The predicted molar refractivity (Wildman–Crippen MR) is 82.0 cm³/mol. The number of likely N-dealkylation sites (tertiary alicyclic amines) is 1. The van der Waals surface area contributed by atoms with Crippen molar-refractivity contribution in [3.8, 4) is 0 Å². The Morgan fingerprint density at radius 3 is 2.67 bits per heavy atom. The van der Waals surface area contributed by atoms with Crippen LogP contribution in [0.5, 0.6) is 0 Å². The van der Waals surface area contributed by atoms with Crippen LogP contribution in [-0.2, 0) is 0 Å². The molecular weight excluding hydrogens is 292 g/mol. The molecule has 1 fully saturated rings. The molecule has 21 heavy (non-hydrogen) atoms. The van der Waals surface area contributed by atoms with E-state index in [1.807, 2.05) is 11.8 Å². The minimum absolute atomic E-state index is 0.0228. The summed E-state index contributed by atoms with van der Waals surface area (Å²) >= 11 is 5.90. The molecule has 1 saturated heterocycles. The lowest BCUT2D eigenvalue weighted by atomic mass is 9.95. The molecule has 0 aliphatic carbocycles. The Balaban J connectivity index is 2.09. The number of hydrogen-bond donors (Lipinski definition) is 2. The van der Waals surface area contributed by atoms with Crippen LogP contribution in [0.25, 0.3) is 0 Å². The molecule has 1 aliphatic heterocycles. The summed E-state index contributed by atoms with van der Waals surface area (Å²) in [7, 11) is 0. The number of urea groups is 1. The number of benzene rings is 1. The number of carbonyl (C=O) groups excluding carboxylic acids is 1. The normalized spacial score (nSPS) is 22.0. The van der Waals surface area contributed by atoms with Gasteiger partial charge in [0.1, 0.15) is 0 Å². The van der Waals surface area contributed by atoms with E-state index in [0.29, 0.717) is 11.6 Å². The van der Waals surface area contributed by atoms with Gasteiger partial charge in [0.15, 0.2) is 0 Å². The van der Waals surface area contributed by atoms with E-state index in [-0.39, 0.29) is 22.7 Å². The number of nitrogens with zero attached hydrogens (tertiary/aromatic N) is 1. The topological polar surface area (TPSA) is 69.6 Å². The molecule has 114 valence electrons. The molecule has 0 saturated carbocycles. The third kappa shape index (κ3) is 3.67. The van der Waals surface area contributed by atoms with E-state index in [1.165, 1.54) is 12.1 Å². The fourth-order valence-electron chi connectivity index (χ4n) is 2.53. The van der Waals surface area contributed by atoms with Crippen molar-refractivity contribution in [2.75, 3.05) is 11.9 Å². The van der Waals surface area contributed by atoms with E-state index in [4.69, 9.17) is 16.7 Å². The minimum atomic E-state index is -1.09. The molecule has 2 unspecified atom stereocenters. The van der Waals surface area contributed by atoms with Crippen molar-refractivity contribution in [2.45, 2.75) is 32.7 Å². The van der Waals surface area contributed by atoms with Crippen LogP contribution in [0, 0.1) is 5.92 Å². The zero-order valence-corrected chi connectivity index (χ0v) is 12.9. The maximum atomic E-state index is 12.3. The van der Waals surface area contributed by atoms with E-state index < -0.39 is 5.97 Å². The maximum absolute atomic E-state index is 12.3. The molecule has 0 radical (unpaired) electrons. The van der Waals surface area contributed by atoms with Gasteiger partial charge in [-0.1, -0.05) is 18.5 Å². The number of carboxylic acid groups (broad SMARTS) is 1. The van der Waals surface area contributed by atoms with E-state index in [1.54, 1.807) is 6.07 Å². The van der Waals surface area contributed by atoms with Crippen LogP contribution < -0.4 is 5.32 Å². The number of piperidine rings is 1. The third-order valence-electron chi connectivity index (χ3n) is 3.83. The lowest BCUT2D eigenvalue weighted by Gasteiger charge is -2.36. The molecule has 2 atom stereocenters. The molecule has 1 heterocycles. The van der Waals surface area contributed by atoms with Crippen LogP contribution in [0.15, 0.2) is 18.2 Å². The standard InChI is InChI=1S/C15H19ClN2O3/c1-9-3-4-10(2)18(8-9)15(21)17-11-5-6-12(14(19)20)13(16)7-11/h5-7,9-10H,3-4,8H2,1-2H3,(H,17,21)(H,19,20). The van der Waals surface area contributed by atoms with Crippen molar-refractivity contribution < 1.29 is 14.7 Å². The number of nitrogens with one attached hydrogen (secondary N) is 1. The Morgan fingerprint density at radius 1 is 1.33 bits per heavy atom. The summed E-state index contributed by atoms with van der Waals surface area (Å²) in [6.45, 7) is 4.89. The van der Waals surface area contributed by atoms with Gasteiger partial charge in [0.2, 0.25) is 0 Å². The average molecular weight is 311 g/mol. The zero-order chi connectivity index (χ0) is 15.6. The van der Waals surface area contributed by atoms with Crippen molar-refractivity contribution in [2.24, 2.45) is 5.92 Å². The minimum Gasteiger partial charge on any atom is -0.478 e. The monoisotopic (exact) mass is 310 g/mol. The Kier molecular flexibility index (Phi) is 4.73. The van der Waals surface area contributed by atoms with Gasteiger partial charge in [0.25, 0.3) is 0 Å². The number of rotatable bonds is 2.